The zero-order valence-corrected chi connectivity index (χ0v) is 10.1. The first-order valence-electron chi connectivity index (χ1n) is 4.41. The number of nitrogens with one attached hydrogen (secondary N) is 1. The molecule has 0 atom stereocenters. The minimum Gasteiger partial charge on any atom is -0.495 e. The minimum absolute atomic E-state index is 0.0178. The number of sulfonamides is 1. The number of ether oxygens (including phenoxy) is 2. The molecule has 0 radical (unpaired) electrons. The summed E-state index contributed by atoms with van der Waals surface area (Å²) in [5.74, 6) is 0.548. The molecule has 0 aliphatic carbocycles. The third kappa shape index (κ3) is 2.20. The number of benzene rings is 1. The van der Waals surface area contributed by atoms with Crippen molar-refractivity contribution in [2.24, 2.45) is 0 Å². The lowest BCUT2D eigenvalue weighted by atomic mass is 10.3. The van der Waals surface area contributed by atoms with Crippen LogP contribution in [-0.2, 0) is 10.0 Å². The molecule has 3 N–H and O–H groups in total. The normalized spacial score (nSPS) is 11.2. The van der Waals surface area contributed by atoms with Gasteiger partial charge in [-0.15, -0.1) is 0 Å². The molecule has 0 spiro atoms. The van der Waals surface area contributed by atoms with Crippen LogP contribution >= 0.6 is 0 Å². The van der Waals surface area contributed by atoms with Crippen molar-refractivity contribution in [2.75, 3.05) is 27.0 Å². The van der Waals surface area contributed by atoms with Crippen LogP contribution < -0.4 is 19.9 Å². The van der Waals surface area contributed by atoms with E-state index < -0.39 is 10.0 Å². The molecular weight excluding hydrogens is 232 g/mol. The van der Waals surface area contributed by atoms with Gasteiger partial charge >= 0.3 is 0 Å². The Morgan fingerprint density at radius 1 is 1.19 bits per heavy atom. The number of hydrogen-bond acceptors (Lipinski definition) is 5. The highest BCUT2D eigenvalue weighted by atomic mass is 32.2. The van der Waals surface area contributed by atoms with Gasteiger partial charge in [0.1, 0.15) is 16.4 Å². The van der Waals surface area contributed by atoms with E-state index in [-0.39, 0.29) is 16.3 Å². The quantitative estimate of drug-likeness (QED) is 0.740. The van der Waals surface area contributed by atoms with Crippen LogP contribution in [0.2, 0.25) is 0 Å². The number of methoxy groups -OCH3 is 2. The molecule has 1 rings (SSSR count). The number of nitrogens with two attached hydrogens (primary N) is 1. The molecule has 0 unspecified atom stereocenters. The Morgan fingerprint density at radius 3 is 2.19 bits per heavy atom. The second kappa shape index (κ2) is 4.58. The summed E-state index contributed by atoms with van der Waals surface area (Å²) in [5.41, 5.74) is 5.87. The van der Waals surface area contributed by atoms with E-state index in [1.807, 2.05) is 0 Å². The van der Waals surface area contributed by atoms with E-state index in [2.05, 4.69) is 4.72 Å². The smallest absolute Gasteiger partial charge is 0.244 e. The Bertz CT molecular complexity index is 485. The van der Waals surface area contributed by atoms with Crippen LogP contribution in [-0.4, -0.2) is 29.7 Å². The van der Waals surface area contributed by atoms with Gasteiger partial charge in [0.25, 0.3) is 0 Å². The van der Waals surface area contributed by atoms with Gasteiger partial charge in [-0.3, -0.25) is 0 Å². The van der Waals surface area contributed by atoms with Crippen LogP contribution in [0.1, 0.15) is 0 Å². The summed E-state index contributed by atoms with van der Waals surface area (Å²) in [6, 6.07) is 2.73. The maximum atomic E-state index is 11.6. The van der Waals surface area contributed by atoms with Crippen LogP contribution in [0.15, 0.2) is 17.0 Å². The molecule has 16 heavy (non-hydrogen) atoms. The molecule has 0 saturated heterocycles. The van der Waals surface area contributed by atoms with Gasteiger partial charge in [0.05, 0.1) is 19.9 Å². The van der Waals surface area contributed by atoms with E-state index in [9.17, 15) is 8.42 Å². The molecule has 90 valence electrons. The van der Waals surface area contributed by atoms with Crippen molar-refractivity contribution in [3.8, 4) is 11.5 Å². The summed E-state index contributed by atoms with van der Waals surface area (Å²) >= 11 is 0. The Kier molecular flexibility index (Phi) is 3.61. The molecule has 0 aliphatic rings. The van der Waals surface area contributed by atoms with Crippen molar-refractivity contribution in [3.63, 3.8) is 0 Å². The predicted octanol–water partition coefficient (Wildman–Crippen LogP) is 0.194. The fraction of sp³-hybridized carbons (Fsp3) is 0.333. The number of hydrogen-bond donors (Lipinski definition) is 2. The van der Waals surface area contributed by atoms with Crippen molar-refractivity contribution >= 4 is 15.7 Å². The van der Waals surface area contributed by atoms with Gasteiger partial charge in [-0.05, 0) is 13.1 Å². The van der Waals surface area contributed by atoms with Gasteiger partial charge < -0.3 is 15.2 Å². The standard InChI is InChI=1S/C9H14N2O4S/c1-11-16(12,13)9-4-6(10)7(14-2)5-8(9)15-3/h4-5,11H,10H2,1-3H3. The van der Waals surface area contributed by atoms with Crippen LogP contribution in [0.3, 0.4) is 0 Å². The average molecular weight is 246 g/mol. The van der Waals surface area contributed by atoms with Crippen LogP contribution in [0, 0.1) is 0 Å². The summed E-state index contributed by atoms with van der Waals surface area (Å²) in [6.07, 6.45) is 0. The highest BCUT2D eigenvalue weighted by Crippen LogP contribution is 2.33. The first-order valence-corrected chi connectivity index (χ1v) is 5.89. The number of rotatable bonds is 4. The maximum absolute atomic E-state index is 11.6. The summed E-state index contributed by atoms with van der Waals surface area (Å²) in [6.45, 7) is 0. The first kappa shape index (κ1) is 12.6. The van der Waals surface area contributed by atoms with Crippen molar-refractivity contribution in [1.29, 1.82) is 0 Å². The van der Waals surface area contributed by atoms with E-state index in [0.717, 1.165) is 0 Å². The van der Waals surface area contributed by atoms with Crippen LogP contribution in [0.25, 0.3) is 0 Å². The van der Waals surface area contributed by atoms with E-state index in [1.54, 1.807) is 0 Å². The summed E-state index contributed by atoms with van der Waals surface area (Å²) < 4.78 is 35.4. The van der Waals surface area contributed by atoms with Gasteiger partial charge in [-0.1, -0.05) is 0 Å². The fourth-order valence-electron chi connectivity index (χ4n) is 1.21. The van der Waals surface area contributed by atoms with E-state index in [0.29, 0.717) is 5.75 Å². The third-order valence-electron chi connectivity index (χ3n) is 2.07. The Balaban J connectivity index is 3.46. The van der Waals surface area contributed by atoms with Crippen molar-refractivity contribution in [3.05, 3.63) is 12.1 Å². The second-order valence-electron chi connectivity index (χ2n) is 2.95. The fourth-order valence-corrected chi connectivity index (χ4v) is 2.12. The topological polar surface area (TPSA) is 90.7 Å². The zero-order valence-electron chi connectivity index (χ0n) is 9.27. The monoisotopic (exact) mass is 246 g/mol. The first-order chi connectivity index (χ1) is 7.46. The Labute approximate surface area is 94.4 Å². The molecular formula is C9H14N2O4S. The van der Waals surface area contributed by atoms with Gasteiger partial charge in [-0.2, -0.15) is 0 Å². The highest BCUT2D eigenvalue weighted by molar-refractivity contribution is 7.89. The summed E-state index contributed by atoms with van der Waals surface area (Å²) in [7, 11) is 0.532. The number of anilines is 1. The van der Waals surface area contributed by atoms with E-state index >= 15 is 0 Å². The SMILES string of the molecule is CNS(=O)(=O)c1cc(N)c(OC)cc1OC. The second-order valence-corrected chi connectivity index (χ2v) is 4.81. The molecule has 0 bridgehead atoms. The van der Waals surface area contributed by atoms with Gasteiger partial charge in [0.2, 0.25) is 10.0 Å². The molecule has 0 aromatic heterocycles. The molecule has 6 nitrogen and oxygen atoms in total. The molecule has 0 heterocycles. The minimum atomic E-state index is -3.60. The average Bonchev–Trinajstić information content (AvgIpc) is 2.28. The maximum Gasteiger partial charge on any atom is 0.244 e. The third-order valence-corrected chi connectivity index (χ3v) is 3.51. The number of nitrogen functional groups attached to an aromatic ring is 1. The molecule has 7 heteroatoms. The Morgan fingerprint density at radius 2 is 1.75 bits per heavy atom. The lowest BCUT2D eigenvalue weighted by Gasteiger charge is -2.12. The molecule has 0 amide bonds. The molecule has 0 fully saturated rings. The molecule has 0 saturated carbocycles. The summed E-state index contributed by atoms with van der Waals surface area (Å²) in [4.78, 5) is -0.0178. The Hall–Kier alpha value is -1.47. The van der Waals surface area contributed by atoms with Crippen molar-refractivity contribution in [2.45, 2.75) is 4.90 Å². The largest absolute Gasteiger partial charge is 0.495 e. The van der Waals surface area contributed by atoms with Gasteiger partial charge in [0, 0.05) is 6.07 Å². The van der Waals surface area contributed by atoms with Crippen molar-refractivity contribution < 1.29 is 17.9 Å². The van der Waals surface area contributed by atoms with E-state index in [1.165, 1.54) is 33.4 Å². The van der Waals surface area contributed by atoms with Crippen LogP contribution in [0.5, 0.6) is 11.5 Å². The van der Waals surface area contributed by atoms with Gasteiger partial charge in [-0.25, -0.2) is 13.1 Å². The molecule has 0 aliphatic heterocycles. The van der Waals surface area contributed by atoms with Crippen molar-refractivity contribution in [1.82, 2.24) is 4.72 Å². The van der Waals surface area contributed by atoms with Gasteiger partial charge in [0.15, 0.2) is 0 Å². The lowest BCUT2D eigenvalue weighted by molar-refractivity contribution is 0.387. The van der Waals surface area contributed by atoms with Crippen LogP contribution in [0.4, 0.5) is 5.69 Å². The highest BCUT2D eigenvalue weighted by Gasteiger charge is 2.20. The zero-order chi connectivity index (χ0) is 12.3. The molecule has 1 aromatic carbocycles. The van der Waals surface area contributed by atoms with E-state index in [4.69, 9.17) is 15.2 Å². The predicted molar refractivity (Wildman–Crippen MR) is 60.2 cm³/mol. The summed E-state index contributed by atoms with van der Waals surface area (Å²) in [5, 5.41) is 0. The molecule has 1 aromatic rings. The lowest BCUT2D eigenvalue weighted by Crippen LogP contribution is -2.19.